The molecular weight excluding hydrogens is 843 g/mol. The number of aliphatic hydroxyl groups is 1. The van der Waals surface area contributed by atoms with E-state index in [4.69, 9.17) is 5.73 Å². The van der Waals surface area contributed by atoms with Crippen molar-refractivity contribution in [3.63, 3.8) is 0 Å². The summed E-state index contributed by atoms with van der Waals surface area (Å²) >= 11 is 0. The molecule has 3 aromatic rings. The fourth-order valence-corrected chi connectivity index (χ4v) is 6.96. The number of aliphatic carboxylic acids is 1. The third-order valence-electron chi connectivity index (χ3n) is 9.82. The number of carboxylic acids is 1. The number of aliphatic hydroxyl groups excluding tert-OH is 1. The van der Waals surface area contributed by atoms with Crippen molar-refractivity contribution in [1.29, 1.82) is 0 Å². The second kappa shape index (κ2) is 22.2. The van der Waals surface area contributed by atoms with Crippen LogP contribution in [0.2, 0.25) is 0 Å². The van der Waals surface area contributed by atoms with Gasteiger partial charge in [0.25, 0.3) is 11.8 Å². The zero-order valence-electron chi connectivity index (χ0n) is 35.3. The zero-order valence-corrected chi connectivity index (χ0v) is 35.3. The minimum atomic E-state index is -1.82. The number of carboxylic acid groups (broad SMARTS) is 1. The van der Waals surface area contributed by atoms with Crippen molar-refractivity contribution in [2.75, 3.05) is 32.8 Å². The first-order valence-electron chi connectivity index (χ1n) is 20.0. The van der Waals surface area contributed by atoms with Crippen molar-refractivity contribution in [3.05, 3.63) is 95.8 Å². The SMILES string of the molecule is CC(C)(C)C(c1cc(-c2cc(F)ccc2F)cn1Cc1ccccc1)N(CCCNC(=O)[C@H](CC(N)=O)NC(=O)[C@@H](CC(=O)O)NC(=O)CNC(=O)CN1C(=O)C=CC1=O)C(=O)CO. The van der Waals surface area contributed by atoms with E-state index < -0.39 is 121 Å². The van der Waals surface area contributed by atoms with Crippen LogP contribution in [-0.4, -0.2) is 123 Å². The third kappa shape index (κ3) is 13.9. The van der Waals surface area contributed by atoms with E-state index in [2.05, 4.69) is 21.3 Å². The number of amides is 8. The maximum absolute atomic E-state index is 15.1. The Labute approximate surface area is 366 Å². The summed E-state index contributed by atoms with van der Waals surface area (Å²) in [5, 5.41) is 28.6. The summed E-state index contributed by atoms with van der Waals surface area (Å²) in [6, 6.07) is 9.74. The highest BCUT2D eigenvalue weighted by Gasteiger charge is 2.37. The van der Waals surface area contributed by atoms with E-state index in [-0.39, 0.29) is 31.6 Å². The first-order chi connectivity index (χ1) is 30.2. The molecule has 4 rings (SSSR count). The molecule has 2 heterocycles. The predicted octanol–water partition coefficient (Wildman–Crippen LogP) is 0.257. The Morgan fingerprint density at radius 2 is 1.50 bits per heavy atom. The highest BCUT2D eigenvalue weighted by molar-refractivity contribution is 6.14. The van der Waals surface area contributed by atoms with Gasteiger partial charge in [-0.1, -0.05) is 51.1 Å². The van der Waals surface area contributed by atoms with Crippen LogP contribution in [0, 0.1) is 17.0 Å². The number of nitrogens with one attached hydrogen (secondary N) is 4. The molecule has 2 aromatic carbocycles. The van der Waals surface area contributed by atoms with Gasteiger partial charge in [0.1, 0.15) is 36.9 Å². The van der Waals surface area contributed by atoms with Gasteiger partial charge >= 0.3 is 5.97 Å². The van der Waals surface area contributed by atoms with Gasteiger partial charge in [-0.25, -0.2) is 8.78 Å². The van der Waals surface area contributed by atoms with Gasteiger partial charge in [0.2, 0.25) is 35.4 Å². The molecule has 342 valence electrons. The summed E-state index contributed by atoms with van der Waals surface area (Å²) < 4.78 is 31.3. The number of carbonyl (C=O) groups excluding carboxylic acids is 8. The molecule has 64 heavy (non-hydrogen) atoms. The molecule has 21 heteroatoms. The molecule has 0 spiro atoms. The number of hydrogen-bond acceptors (Lipinski definition) is 10. The van der Waals surface area contributed by atoms with Gasteiger partial charge < -0.3 is 46.7 Å². The molecule has 0 radical (unpaired) electrons. The van der Waals surface area contributed by atoms with Crippen LogP contribution >= 0.6 is 0 Å². The number of hydrogen-bond donors (Lipinski definition) is 7. The Bertz CT molecular complexity index is 2280. The fraction of sp³-hybridized carbons (Fsp3) is 0.372. The fourth-order valence-electron chi connectivity index (χ4n) is 6.96. The summed E-state index contributed by atoms with van der Waals surface area (Å²) in [6.45, 7) is 3.20. The Balaban J connectivity index is 1.48. The molecule has 8 amide bonds. The van der Waals surface area contributed by atoms with Gasteiger partial charge in [-0.2, -0.15) is 0 Å². The molecule has 8 N–H and O–H groups in total. The summed E-state index contributed by atoms with van der Waals surface area (Å²) in [4.78, 5) is 114. The summed E-state index contributed by atoms with van der Waals surface area (Å²) in [6.07, 6.45) is 1.86. The number of nitrogens with two attached hydrogens (primary N) is 1. The van der Waals surface area contributed by atoms with Crippen LogP contribution in [0.15, 0.2) is 72.9 Å². The van der Waals surface area contributed by atoms with E-state index >= 15 is 4.39 Å². The van der Waals surface area contributed by atoms with Crippen molar-refractivity contribution in [2.24, 2.45) is 11.1 Å². The Hall–Kier alpha value is -7.29. The second-order valence-corrected chi connectivity index (χ2v) is 15.9. The molecule has 19 nitrogen and oxygen atoms in total. The van der Waals surface area contributed by atoms with Crippen LogP contribution < -0.4 is 27.0 Å². The number of carbonyl (C=O) groups is 9. The normalized spacial score (nSPS) is 13.8. The number of primary amides is 1. The number of nitrogens with zero attached hydrogens (tertiary/aromatic N) is 3. The van der Waals surface area contributed by atoms with E-state index in [0.29, 0.717) is 16.2 Å². The maximum atomic E-state index is 15.1. The van der Waals surface area contributed by atoms with Gasteiger partial charge in [-0.05, 0) is 41.7 Å². The highest BCUT2D eigenvalue weighted by atomic mass is 19.1. The number of halogens is 2. The lowest BCUT2D eigenvalue weighted by atomic mass is 9.83. The largest absolute Gasteiger partial charge is 0.481 e. The van der Waals surface area contributed by atoms with Crippen molar-refractivity contribution in [3.8, 4) is 11.1 Å². The van der Waals surface area contributed by atoms with Gasteiger partial charge in [-0.15, -0.1) is 0 Å². The van der Waals surface area contributed by atoms with Crippen LogP contribution in [0.5, 0.6) is 0 Å². The molecule has 0 saturated carbocycles. The predicted molar refractivity (Wildman–Crippen MR) is 223 cm³/mol. The molecule has 1 unspecified atom stereocenters. The average Bonchev–Trinajstić information content (AvgIpc) is 3.77. The Kier molecular flexibility index (Phi) is 17.1. The molecule has 1 aliphatic heterocycles. The lowest BCUT2D eigenvalue weighted by molar-refractivity contribution is -0.141. The monoisotopic (exact) mass is 892 g/mol. The molecule has 0 bridgehead atoms. The van der Waals surface area contributed by atoms with Gasteiger partial charge in [-0.3, -0.25) is 48.1 Å². The van der Waals surface area contributed by atoms with Crippen LogP contribution in [-0.2, 0) is 49.7 Å². The second-order valence-electron chi connectivity index (χ2n) is 15.9. The lowest BCUT2D eigenvalue weighted by Crippen LogP contribution is -2.56. The van der Waals surface area contributed by atoms with Crippen LogP contribution in [0.1, 0.15) is 57.3 Å². The smallest absolute Gasteiger partial charge is 0.305 e. The van der Waals surface area contributed by atoms with Crippen molar-refractivity contribution >= 4 is 53.2 Å². The Morgan fingerprint density at radius 3 is 2.11 bits per heavy atom. The maximum Gasteiger partial charge on any atom is 0.305 e. The third-order valence-corrected chi connectivity index (χ3v) is 9.82. The van der Waals surface area contributed by atoms with Gasteiger partial charge in [0.05, 0.1) is 25.4 Å². The first-order valence-corrected chi connectivity index (χ1v) is 20.0. The van der Waals surface area contributed by atoms with E-state index in [9.17, 15) is 57.8 Å². The van der Waals surface area contributed by atoms with E-state index in [1.807, 2.05) is 55.7 Å². The van der Waals surface area contributed by atoms with Crippen molar-refractivity contribution in [1.82, 2.24) is 35.6 Å². The molecule has 0 aliphatic carbocycles. The highest BCUT2D eigenvalue weighted by Crippen LogP contribution is 2.41. The van der Waals surface area contributed by atoms with Gasteiger partial charge in [0.15, 0.2) is 0 Å². The molecule has 1 aliphatic rings. The standard InChI is InChI=1S/C43H50F2N8O11/c1-43(2,3)40(32-16-26(28-17-27(44)10-11-29(28)45)22-51(32)21-25-8-5-4-6-9-25)52(38(60)24-54)15-7-14-47-41(63)30(18-33(46)55)50-42(64)31(19-39(61)62)49-34(56)20-48-35(57)23-53-36(58)12-13-37(53)59/h4-6,8-13,16-17,22,30-31,40,54H,7,14-15,18-21,23-24H2,1-3H3,(H2,46,55)(H,47,63)(H,48,57)(H,49,56)(H,50,64)(H,61,62)/t30-,31+,40?/m0/s1. The summed E-state index contributed by atoms with van der Waals surface area (Å²) in [5.74, 6) is -10.2. The topological polar surface area (TPSA) is 280 Å². The van der Waals surface area contributed by atoms with Crippen LogP contribution in [0.4, 0.5) is 8.78 Å². The molecule has 3 atom stereocenters. The summed E-state index contributed by atoms with van der Waals surface area (Å²) in [5.41, 5.74) is 6.33. The molecule has 1 aromatic heterocycles. The molecular formula is C43H50F2N8O11. The lowest BCUT2D eigenvalue weighted by Gasteiger charge is -2.41. The van der Waals surface area contributed by atoms with Crippen molar-refractivity contribution < 1.29 is 62.1 Å². The molecule has 0 saturated heterocycles. The average molecular weight is 893 g/mol. The minimum Gasteiger partial charge on any atom is -0.481 e. The van der Waals surface area contributed by atoms with Crippen molar-refractivity contribution in [2.45, 2.75) is 64.7 Å². The first kappa shape index (κ1) is 49.4. The van der Waals surface area contributed by atoms with Gasteiger partial charge in [0, 0.05) is 54.8 Å². The van der Waals surface area contributed by atoms with E-state index in [1.165, 1.54) is 4.90 Å². The number of rotatable bonds is 22. The quantitative estimate of drug-likeness (QED) is 0.0531. The van der Waals surface area contributed by atoms with E-state index in [0.717, 1.165) is 35.9 Å². The zero-order chi connectivity index (χ0) is 47.3. The number of aromatic nitrogens is 1. The minimum absolute atomic E-state index is 0.00745. The number of imide groups is 1. The van der Waals surface area contributed by atoms with Crippen LogP contribution in [0.25, 0.3) is 11.1 Å². The van der Waals surface area contributed by atoms with Crippen LogP contribution in [0.3, 0.4) is 0 Å². The Morgan fingerprint density at radius 1 is 0.844 bits per heavy atom. The number of benzene rings is 2. The molecule has 0 fully saturated rings. The van der Waals surface area contributed by atoms with E-state index in [1.54, 1.807) is 12.3 Å². The summed E-state index contributed by atoms with van der Waals surface area (Å²) in [7, 11) is 0.